The molecule has 1 aromatic heterocycles. The number of carbonyl (C=O) groups excluding carboxylic acids is 1. The molecule has 104 valence electrons. The van der Waals surface area contributed by atoms with Crippen molar-refractivity contribution >= 4 is 11.7 Å². The van der Waals surface area contributed by atoms with Gasteiger partial charge in [0, 0.05) is 24.8 Å². The molecular formula is C14H21N3O2. The minimum absolute atomic E-state index is 0.127. The predicted molar refractivity (Wildman–Crippen MR) is 73.8 cm³/mol. The lowest BCUT2D eigenvalue weighted by atomic mass is 10.0. The second-order valence-corrected chi connectivity index (χ2v) is 5.51. The quantitative estimate of drug-likeness (QED) is 0.862. The normalized spacial score (nSPS) is 17.4. The molecule has 5 heteroatoms. The van der Waals surface area contributed by atoms with Crippen LogP contribution in [-0.4, -0.2) is 40.1 Å². The zero-order valence-corrected chi connectivity index (χ0v) is 11.5. The van der Waals surface area contributed by atoms with Crippen molar-refractivity contribution in [1.29, 1.82) is 0 Å². The Bertz CT molecular complexity index is 461. The van der Waals surface area contributed by atoms with Gasteiger partial charge < -0.3 is 15.7 Å². The molecule has 1 aliphatic rings. The number of pyridine rings is 1. The van der Waals surface area contributed by atoms with Crippen molar-refractivity contribution in [3.63, 3.8) is 0 Å². The highest BCUT2D eigenvalue weighted by Crippen LogP contribution is 2.30. The lowest BCUT2D eigenvalue weighted by Crippen LogP contribution is -2.42. The molecule has 0 unspecified atom stereocenters. The molecule has 1 fully saturated rings. The maximum atomic E-state index is 12.3. The first-order valence-corrected chi connectivity index (χ1v) is 6.62. The van der Waals surface area contributed by atoms with Crippen molar-refractivity contribution in [2.75, 3.05) is 19.3 Å². The van der Waals surface area contributed by atoms with E-state index < -0.39 is 5.60 Å². The minimum atomic E-state index is -0.724. The fraction of sp³-hybridized carbons (Fsp3) is 0.571. The molecule has 1 aromatic rings. The summed E-state index contributed by atoms with van der Waals surface area (Å²) in [6, 6.07) is 3.29. The third kappa shape index (κ3) is 3.23. The molecule has 2 rings (SSSR count). The van der Waals surface area contributed by atoms with Crippen LogP contribution in [0.4, 0.5) is 5.82 Å². The Kier molecular flexibility index (Phi) is 3.75. The minimum Gasteiger partial charge on any atom is -0.388 e. The number of rotatable bonds is 3. The van der Waals surface area contributed by atoms with E-state index in [0.29, 0.717) is 17.9 Å². The van der Waals surface area contributed by atoms with Crippen LogP contribution in [0, 0.1) is 6.92 Å². The number of anilines is 1. The Hall–Kier alpha value is -1.62. The van der Waals surface area contributed by atoms with Gasteiger partial charge in [-0.2, -0.15) is 0 Å². The second kappa shape index (κ2) is 5.17. The van der Waals surface area contributed by atoms with Crippen molar-refractivity contribution in [1.82, 2.24) is 9.88 Å². The molecule has 0 bridgehead atoms. The molecule has 1 saturated carbocycles. The maximum absolute atomic E-state index is 12.3. The number of aromatic nitrogens is 1. The van der Waals surface area contributed by atoms with Crippen LogP contribution in [0.5, 0.6) is 0 Å². The average molecular weight is 263 g/mol. The number of aliphatic hydroxyl groups is 1. The summed E-state index contributed by atoms with van der Waals surface area (Å²) < 4.78 is 0. The summed E-state index contributed by atoms with van der Waals surface area (Å²) in [5.41, 5.74) is 6.17. The summed E-state index contributed by atoms with van der Waals surface area (Å²) in [4.78, 5) is 17.9. The van der Waals surface area contributed by atoms with Gasteiger partial charge in [-0.25, -0.2) is 4.98 Å². The smallest absolute Gasteiger partial charge is 0.253 e. The van der Waals surface area contributed by atoms with Crippen LogP contribution in [0.3, 0.4) is 0 Å². The van der Waals surface area contributed by atoms with Crippen molar-refractivity contribution < 1.29 is 9.90 Å². The molecule has 1 aliphatic carbocycles. The predicted octanol–water partition coefficient (Wildman–Crippen LogP) is 1.35. The highest BCUT2D eigenvalue weighted by molar-refractivity contribution is 5.94. The molecule has 0 radical (unpaired) electrons. The van der Waals surface area contributed by atoms with E-state index >= 15 is 0 Å². The van der Waals surface area contributed by atoms with E-state index in [2.05, 4.69) is 4.98 Å². The first-order chi connectivity index (χ1) is 8.89. The Labute approximate surface area is 113 Å². The summed E-state index contributed by atoms with van der Waals surface area (Å²) in [7, 11) is 1.71. The summed E-state index contributed by atoms with van der Waals surface area (Å²) in [5.74, 6) is 0.217. The van der Waals surface area contributed by atoms with Crippen molar-refractivity contribution in [3.8, 4) is 0 Å². The largest absolute Gasteiger partial charge is 0.388 e. The molecule has 1 heterocycles. The van der Waals surface area contributed by atoms with Crippen LogP contribution in [0.25, 0.3) is 0 Å². The Balaban J connectivity index is 2.10. The van der Waals surface area contributed by atoms with Gasteiger partial charge in [0.15, 0.2) is 0 Å². The summed E-state index contributed by atoms with van der Waals surface area (Å²) >= 11 is 0. The number of hydrogen-bond acceptors (Lipinski definition) is 4. The number of carbonyl (C=O) groups is 1. The highest BCUT2D eigenvalue weighted by Gasteiger charge is 2.33. The number of nitrogen functional groups attached to an aromatic ring is 1. The van der Waals surface area contributed by atoms with Crippen LogP contribution in [0.15, 0.2) is 12.1 Å². The number of amides is 1. The van der Waals surface area contributed by atoms with Gasteiger partial charge in [-0.15, -0.1) is 0 Å². The number of aryl methyl sites for hydroxylation is 1. The first kappa shape index (κ1) is 13.8. The zero-order valence-electron chi connectivity index (χ0n) is 11.5. The van der Waals surface area contributed by atoms with Crippen LogP contribution < -0.4 is 5.73 Å². The van der Waals surface area contributed by atoms with Crippen LogP contribution in [-0.2, 0) is 0 Å². The number of hydrogen-bond donors (Lipinski definition) is 2. The van der Waals surface area contributed by atoms with Crippen LogP contribution in [0.2, 0.25) is 0 Å². The zero-order chi connectivity index (χ0) is 14.0. The van der Waals surface area contributed by atoms with Gasteiger partial charge in [-0.1, -0.05) is 12.8 Å². The van der Waals surface area contributed by atoms with E-state index in [1.165, 1.54) is 0 Å². The third-order valence-electron chi connectivity index (χ3n) is 3.63. The van der Waals surface area contributed by atoms with Gasteiger partial charge in [-0.3, -0.25) is 4.79 Å². The lowest BCUT2D eigenvalue weighted by Gasteiger charge is -2.28. The van der Waals surface area contributed by atoms with Crippen LogP contribution >= 0.6 is 0 Å². The molecule has 0 aromatic carbocycles. The number of likely N-dealkylation sites (N-methyl/N-ethyl adjacent to an activating group) is 1. The summed E-state index contributed by atoms with van der Waals surface area (Å²) in [6.07, 6.45) is 3.59. The van der Waals surface area contributed by atoms with Crippen molar-refractivity contribution in [2.45, 2.75) is 38.2 Å². The summed E-state index contributed by atoms with van der Waals surface area (Å²) in [6.45, 7) is 2.17. The van der Waals surface area contributed by atoms with Gasteiger partial charge in [0.1, 0.15) is 5.82 Å². The van der Waals surface area contributed by atoms with Gasteiger partial charge >= 0.3 is 0 Å². The molecule has 0 atom stereocenters. The number of nitrogens with two attached hydrogens (primary N) is 1. The van der Waals surface area contributed by atoms with Crippen LogP contribution in [0.1, 0.15) is 41.7 Å². The van der Waals surface area contributed by atoms with E-state index in [0.717, 1.165) is 31.4 Å². The van der Waals surface area contributed by atoms with E-state index in [-0.39, 0.29) is 5.91 Å². The Morgan fingerprint density at radius 3 is 2.68 bits per heavy atom. The molecule has 0 saturated heterocycles. The molecule has 0 aliphatic heterocycles. The second-order valence-electron chi connectivity index (χ2n) is 5.51. The van der Waals surface area contributed by atoms with E-state index in [1.807, 2.05) is 0 Å². The SMILES string of the molecule is Cc1cc(C(=O)N(C)CC2(O)CCCC2)cc(N)n1. The average Bonchev–Trinajstić information content (AvgIpc) is 2.73. The molecule has 0 spiro atoms. The van der Waals surface area contributed by atoms with Crippen molar-refractivity contribution in [2.24, 2.45) is 0 Å². The van der Waals surface area contributed by atoms with Gasteiger partial charge in [-0.05, 0) is 31.9 Å². The number of nitrogens with zero attached hydrogens (tertiary/aromatic N) is 2. The molecular weight excluding hydrogens is 242 g/mol. The lowest BCUT2D eigenvalue weighted by molar-refractivity contribution is 0.0157. The Morgan fingerprint density at radius 2 is 2.11 bits per heavy atom. The van der Waals surface area contributed by atoms with Crippen molar-refractivity contribution in [3.05, 3.63) is 23.4 Å². The molecule has 1 amide bonds. The van der Waals surface area contributed by atoms with Gasteiger partial charge in [0.2, 0.25) is 0 Å². The van der Waals surface area contributed by atoms with E-state index in [1.54, 1.807) is 31.0 Å². The fourth-order valence-corrected chi connectivity index (χ4v) is 2.74. The van der Waals surface area contributed by atoms with E-state index in [4.69, 9.17) is 5.73 Å². The van der Waals surface area contributed by atoms with E-state index in [9.17, 15) is 9.90 Å². The topological polar surface area (TPSA) is 79.5 Å². The third-order valence-corrected chi connectivity index (χ3v) is 3.63. The standard InChI is InChI=1S/C14H21N3O2/c1-10-7-11(8-12(15)16-10)13(18)17(2)9-14(19)5-3-4-6-14/h7-8,19H,3-6,9H2,1-2H3,(H2,15,16). The highest BCUT2D eigenvalue weighted by atomic mass is 16.3. The summed E-state index contributed by atoms with van der Waals surface area (Å²) in [5, 5.41) is 10.3. The molecule has 5 nitrogen and oxygen atoms in total. The van der Waals surface area contributed by atoms with Gasteiger partial charge in [0.25, 0.3) is 5.91 Å². The monoisotopic (exact) mass is 263 g/mol. The maximum Gasteiger partial charge on any atom is 0.253 e. The molecule has 19 heavy (non-hydrogen) atoms. The molecule has 3 N–H and O–H groups in total. The Morgan fingerprint density at radius 1 is 1.47 bits per heavy atom. The first-order valence-electron chi connectivity index (χ1n) is 6.62. The van der Waals surface area contributed by atoms with Gasteiger partial charge in [0.05, 0.1) is 5.60 Å². The fourth-order valence-electron chi connectivity index (χ4n) is 2.74.